The second-order valence-electron chi connectivity index (χ2n) is 4.68. The van der Waals surface area contributed by atoms with E-state index < -0.39 is 0 Å². The molecule has 0 aliphatic carbocycles. The Labute approximate surface area is 108 Å². The van der Waals surface area contributed by atoms with Crippen LogP contribution in [-0.2, 0) is 4.74 Å². The third-order valence-corrected chi connectivity index (χ3v) is 1.91. The molecule has 0 aliphatic rings. The number of rotatable bonds is 4. The highest BCUT2D eigenvalue weighted by molar-refractivity contribution is 5.36. The molecule has 0 unspecified atom stereocenters. The molecule has 0 saturated heterocycles. The molecule has 0 aromatic carbocycles. The van der Waals surface area contributed by atoms with Gasteiger partial charge >= 0.3 is 0 Å². The van der Waals surface area contributed by atoms with Crippen molar-refractivity contribution in [3.63, 3.8) is 0 Å². The molecule has 0 fully saturated rings. The Bertz CT molecular complexity index is 427. The van der Waals surface area contributed by atoms with Gasteiger partial charge in [0, 0.05) is 11.8 Å². The Balaban J connectivity index is 2.43. The summed E-state index contributed by atoms with van der Waals surface area (Å²) in [6, 6.07) is 1.78. The lowest BCUT2D eigenvalue weighted by Crippen LogP contribution is -2.22. The zero-order valence-corrected chi connectivity index (χ0v) is 11.1. The van der Waals surface area contributed by atoms with Crippen molar-refractivity contribution in [2.45, 2.75) is 26.4 Å². The molecule has 0 bridgehead atoms. The van der Waals surface area contributed by atoms with Crippen molar-refractivity contribution in [2.75, 3.05) is 19.8 Å². The standard InChI is InChI=1S/C14H19NO3/c1-14(2,3)18-8-7-17-13-9-12(5-4-6-16)10-15-11-13/h9-11,16H,6-8H2,1-3H3. The zero-order valence-electron chi connectivity index (χ0n) is 11.1. The fraction of sp³-hybridized carbons (Fsp3) is 0.500. The van der Waals surface area contributed by atoms with Crippen LogP contribution in [0, 0.1) is 11.8 Å². The van der Waals surface area contributed by atoms with Crippen LogP contribution in [0.1, 0.15) is 26.3 Å². The first-order chi connectivity index (χ1) is 8.51. The predicted octanol–water partition coefficient (Wildman–Crippen LogP) is 1.62. The number of ether oxygens (including phenoxy) is 2. The summed E-state index contributed by atoms with van der Waals surface area (Å²) in [6.07, 6.45) is 3.25. The van der Waals surface area contributed by atoms with Gasteiger partial charge in [0.25, 0.3) is 0 Å². The molecule has 4 heteroatoms. The van der Waals surface area contributed by atoms with E-state index in [1.54, 1.807) is 18.5 Å². The van der Waals surface area contributed by atoms with Crippen LogP contribution in [0.3, 0.4) is 0 Å². The summed E-state index contributed by atoms with van der Waals surface area (Å²) in [7, 11) is 0. The maximum absolute atomic E-state index is 8.60. The van der Waals surface area contributed by atoms with Gasteiger partial charge < -0.3 is 14.6 Å². The van der Waals surface area contributed by atoms with Crippen LogP contribution in [0.2, 0.25) is 0 Å². The normalized spacial score (nSPS) is 10.7. The zero-order chi connectivity index (χ0) is 13.4. The van der Waals surface area contributed by atoms with E-state index >= 15 is 0 Å². The van der Waals surface area contributed by atoms with Crippen LogP contribution in [-0.4, -0.2) is 35.5 Å². The van der Waals surface area contributed by atoms with Crippen LogP contribution < -0.4 is 4.74 Å². The number of aromatic nitrogens is 1. The van der Waals surface area contributed by atoms with E-state index in [1.807, 2.05) is 20.8 Å². The number of nitrogens with zero attached hydrogens (tertiary/aromatic N) is 1. The largest absolute Gasteiger partial charge is 0.490 e. The monoisotopic (exact) mass is 249 g/mol. The molecule has 18 heavy (non-hydrogen) atoms. The summed E-state index contributed by atoms with van der Waals surface area (Å²) < 4.78 is 11.0. The molecule has 0 aliphatic heterocycles. The molecule has 98 valence electrons. The van der Waals surface area contributed by atoms with Crippen molar-refractivity contribution in [1.82, 2.24) is 4.98 Å². The summed E-state index contributed by atoms with van der Waals surface area (Å²) in [5.41, 5.74) is 0.564. The molecular formula is C14H19NO3. The first-order valence-corrected chi connectivity index (χ1v) is 5.83. The Hall–Kier alpha value is -1.57. The summed E-state index contributed by atoms with van der Waals surface area (Å²) in [5, 5.41) is 8.60. The highest BCUT2D eigenvalue weighted by Gasteiger charge is 2.09. The van der Waals surface area contributed by atoms with Gasteiger partial charge in [-0.3, -0.25) is 4.98 Å². The van der Waals surface area contributed by atoms with E-state index in [-0.39, 0.29) is 12.2 Å². The molecule has 0 atom stereocenters. The van der Waals surface area contributed by atoms with Crippen LogP contribution >= 0.6 is 0 Å². The first kappa shape index (κ1) is 14.5. The SMILES string of the molecule is CC(C)(C)OCCOc1cncc(C#CCO)c1. The summed E-state index contributed by atoms with van der Waals surface area (Å²) >= 11 is 0. The van der Waals surface area contributed by atoms with Crippen molar-refractivity contribution < 1.29 is 14.6 Å². The van der Waals surface area contributed by atoms with Crippen molar-refractivity contribution in [3.05, 3.63) is 24.0 Å². The van der Waals surface area contributed by atoms with Gasteiger partial charge in [-0.1, -0.05) is 11.8 Å². The number of pyridine rings is 1. The van der Waals surface area contributed by atoms with E-state index in [4.69, 9.17) is 14.6 Å². The average Bonchev–Trinajstić information content (AvgIpc) is 2.31. The van der Waals surface area contributed by atoms with Crippen molar-refractivity contribution in [2.24, 2.45) is 0 Å². The molecule has 0 spiro atoms. The molecule has 1 aromatic heterocycles. The maximum atomic E-state index is 8.60. The summed E-state index contributed by atoms with van der Waals surface area (Å²) in [4.78, 5) is 4.02. The van der Waals surface area contributed by atoms with Crippen LogP contribution in [0.25, 0.3) is 0 Å². The number of hydrogen-bond acceptors (Lipinski definition) is 4. The van der Waals surface area contributed by atoms with Crippen molar-refractivity contribution in [3.8, 4) is 17.6 Å². The predicted molar refractivity (Wildman–Crippen MR) is 69.4 cm³/mol. The van der Waals surface area contributed by atoms with Gasteiger partial charge in [0.05, 0.1) is 18.4 Å². The lowest BCUT2D eigenvalue weighted by molar-refractivity contribution is -0.0163. The third kappa shape index (κ3) is 6.24. The third-order valence-electron chi connectivity index (χ3n) is 1.91. The minimum atomic E-state index is -0.162. The lowest BCUT2D eigenvalue weighted by Gasteiger charge is -2.19. The highest BCUT2D eigenvalue weighted by atomic mass is 16.5. The molecule has 0 saturated carbocycles. The van der Waals surface area contributed by atoms with E-state index in [9.17, 15) is 0 Å². The van der Waals surface area contributed by atoms with Crippen LogP contribution in [0.4, 0.5) is 0 Å². The molecule has 0 amide bonds. The second kappa shape index (κ2) is 7.00. The first-order valence-electron chi connectivity index (χ1n) is 5.83. The van der Waals surface area contributed by atoms with E-state index in [0.29, 0.717) is 19.0 Å². The summed E-state index contributed by atoms with van der Waals surface area (Å²) in [6.45, 7) is 6.83. The fourth-order valence-corrected chi connectivity index (χ4v) is 1.22. The maximum Gasteiger partial charge on any atom is 0.138 e. The van der Waals surface area contributed by atoms with E-state index in [1.165, 1.54) is 0 Å². The fourth-order valence-electron chi connectivity index (χ4n) is 1.22. The van der Waals surface area contributed by atoms with Crippen molar-refractivity contribution in [1.29, 1.82) is 0 Å². The van der Waals surface area contributed by atoms with Gasteiger partial charge in [0.2, 0.25) is 0 Å². The van der Waals surface area contributed by atoms with Crippen LogP contribution in [0.15, 0.2) is 18.5 Å². The molecular weight excluding hydrogens is 230 g/mol. The van der Waals surface area contributed by atoms with Gasteiger partial charge in [-0.25, -0.2) is 0 Å². The minimum Gasteiger partial charge on any atom is -0.490 e. The smallest absolute Gasteiger partial charge is 0.138 e. The lowest BCUT2D eigenvalue weighted by atomic mass is 10.2. The average molecular weight is 249 g/mol. The topological polar surface area (TPSA) is 51.6 Å². The van der Waals surface area contributed by atoms with Gasteiger partial charge in [0.15, 0.2) is 0 Å². The van der Waals surface area contributed by atoms with Gasteiger partial charge in [-0.2, -0.15) is 0 Å². The van der Waals surface area contributed by atoms with E-state index in [0.717, 1.165) is 5.56 Å². The Kier molecular flexibility index (Phi) is 5.63. The van der Waals surface area contributed by atoms with Gasteiger partial charge in [-0.15, -0.1) is 0 Å². The Morgan fingerprint density at radius 2 is 2.06 bits per heavy atom. The Morgan fingerprint density at radius 3 is 2.72 bits per heavy atom. The minimum absolute atomic E-state index is 0.157. The number of aliphatic hydroxyl groups excluding tert-OH is 1. The quantitative estimate of drug-likeness (QED) is 0.651. The molecule has 1 heterocycles. The van der Waals surface area contributed by atoms with E-state index in [2.05, 4.69) is 16.8 Å². The molecule has 4 nitrogen and oxygen atoms in total. The number of hydrogen-bond donors (Lipinski definition) is 1. The van der Waals surface area contributed by atoms with Crippen LogP contribution in [0.5, 0.6) is 5.75 Å². The summed E-state index contributed by atoms with van der Waals surface area (Å²) in [5.74, 6) is 5.99. The second-order valence-corrected chi connectivity index (χ2v) is 4.68. The Morgan fingerprint density at radius 1 is 1.28 bits per heavy atom. The van der Waals surface area contributed by atoms with Gasteiger partial charge in [0.1, 0.15) is 19.0 Å². The highest BCUT2D eigenvalue weighted by Crippen LogP contribution is 2.11. The van der Waals surface area contributed by atoms with Gasteiger partial charge in [-0.05, 0) is 26.8 Å². The molecule has 1 N–H and O–H groups in total. The number of aliphatic hydroxyl groups is 1. The molecule has 1 aromatic rings. The molecule has 0 radical (unpaired) electrons. The molecule has 1 rings (SSSR count). The van der Waals surface area contributed by atoms with Crippen molar-refractivity contribution >= 4 is 0 Å².